The third kappa shape index (κ3) is 2.05. The van der Waals surface area contributed by atoms with Crippen LogP contribution in [0, 0.1) is 0 Å². The molecule has 17 heavy (non-hydrogen) atoms. The molecule has 2 saturated heterocycles. The predicted molar refractivity (Wildman–Crippen MR) is 69.2 cm³/mol. The van der Waals surface area contributed by atoms with Crippen molar-refractivity contribution < 1.29 is 5.11 Å². The van der Waals surface area contributed by atoms with E-state index in [-0.39, 0.29) is 6.04 Å². The summed E-state index contributed by atoms with van der Waals surface area (Å²) in [4.78, 5) is 2.25. The highest BCUT2D eigenvalue weighted by Gasteiger charge is 2.47. The minimum Gasteiger partial charge on any atom is -0.385 e. The SMILES string of the molecule is OC1(C2CCCCN2)CN(c2ccccc2)C1. The van der Waals surface area contributed by atoms with Gasteiger partial charge in [-0.25, -0.2) is 0 Å². The van der Waals surface area contributed by atoms with E-state index in [4.69, 9.17) is 0 Å². The average Bonchev–Trinajstić information content (AvgIpc) is 2.37. The molecule has 1 aromatic rings. The first-order chi connectivity index (χ1) is 8.28. The molecule has 2 N–H and O–H groups in total. The normalized spacial score (nSPS) is 27.6. The zero-order valence-electron chi connectivity index (χ0n) is 10.1. The van der Waals surface area contributed by atoms with Gasteiger partial charge in [-0.15, -0.1) is 0 Å². The molecule has 3 heteroatoms. The summed E-state index contributed by atoms with van der Waals surface area (Å²) in [5, 5.41) is 14.0. The van der Waals surface area contributed by atoms with Crippen LogP contribution in [0.4, 0.5) is 5.69 Å². The molecule has 0 spiro atoms. The minimum atomic E-state index is -0.518. The molecule has 2 heterocycles. The molecule has 0 amide bonds. The second-order valence-electron chi connectivity index (χ2n) is 5.30. The molecular weight excluding hydrogens is 212 g/mol. The summed E-state index contributed by atoms with van der Waals surface area (Å²) in [7, 11) is 0. The van der Waals surface area contributed by atoms with Gasteiger partial charge in [0, 0.05) is 11.7 Å². The summed E-state index contributed by atoms with van der Waals surface area (Å²) in [5.41, 5.74) is 0.698. The number of nitrogens with zero attached hydrogens (tertiary/aromatic N) is 1. The number of hydrogen-bond donors (Lipinski definition) is 2. The molecule has 3 rings (SSSR count). The maximum atomic E-state index is 10.6. The zero-order chi connectivity index (χ0) is 11.7. The first-order valence-corrected chi connectivity index (χ1v) is 6.54. The lowest BCUT2D eigenvalue weighted by molar-refractivity contribution is -0.0309. The summed E-state index contributed by atoms with van der Waals surface area (Å²) >= 11 is 0. The number of β-amino-alcohol motifs (C(OH)–C–C–N with tert-alkyl or cyclic N) is 1. The van der Waals surface area contributed by atoms with E-state index >= 15 is 0 Å². The Bertz CT molecular complexity index is 367. The molecule has 0 bridgehead atoms. The second kappa shape index (κ2) is 4.31. The summed E-state index contributed by atoms with van der Waals surface area (Å²) < 4.78 is 0. The van der Waals surface area contributed by atoms with Crippen LogP contribution < -0.4 is 10.2 Å². The number of hydrogen-bond acceptors (Lipinski definition) is 3. The summed E-state index contributed by atoms with van der Waals surface area (Å²) in [6, 6.07) is 10.6. The van der Waals surface area contributed by atoms with Gasteiger partial charge in [0.25, 0.3) is 0 Å². The van der Waals surface area contributed by atoms with Gasteiger partial charge < -0.3 is 15.3 Å². The molecule has 92 valence electrons. The van der Waals surface area contributed by atoms with E-state index in [1.54, 1.807) is 0 Å². The predicted octanol–water partition coefficient (Wildman–Crippen LogP) is 1.38. The molecular formula is C14H20N2O. The molecule has 1 aromatic carbocycles. The highest BCUT2D eigenvalue weighted by Crippen LogP contribution is 2.32. The molecule has 0 aliphatic carbocycles. The molecule has 1 unspecified atom stereocenters. The van der Waals surface area contributed by atoms with Gasteiger partial charge in [0.1, 0.15) is 5.60 Å². The number of rotatable bonds is 2. The van der Waals surface area contributed by atoms with E-state index < -0.39 is 5.60 Å². The molecule has 0 aromatic heterocycles. The summed E-state index contributed by atoms with van der Waals surface area (Å²) in [6.45, 7) is 2.57. The van der Waals surface area contributed by atoms with Crippen LogP contribution in [-0.2, 0) is 0 Å². The van der Waals surface area contributed by atoms with Gasteiger partial charge in [-0.3, -0.25) is 0 Å². The van der Waals surface area contributed by atoms with Crippen LogP contribution in [0.1, 0.15) is 19.3 Å². The molecule has 2 aliphatic heterocycles. The highest BCUT2D eigenvalue weighted by molar-refractivity contribution is 5.50. The highest BCUT2D eigenvalue weighted by atomic mass is 16.3. The quantitative estimate of drug-likeness (QED) is 0.808. The number of nitrogens with one attached hydrogen (secondary N) is 1. The van der Waals surface area contributed by atoms with E-state index in [0.717, 1.165) is 26.1 Å². The van der Waals surface area contributed by atoms with Crippen LogP contribution in [0.5, 0.6) is 0 Å². The maximum Gasteiger partial charge on any atom is 0.115 e. The third-order valence-corrected chi connectivity index (χ3v) is 4.01. The zero-order valence-corrected chi connectivity index (χ0v) is 10.1. The number of piperidine rings is 1. The van der Waals surface area contributed by atoms with Gasteiger partial charge in [0.05, 0.1) is 13.1 Å². The van der Waals surface area contributed by atoms with Crippen LogP contribution in [0.25, 0.3) is 0 Å². The van der Waals surface area contributed by atoms with Crippen molar-refractivity contribution in [3.8, 4) is 0 Å². The van der Waals surface area contributed by atoms with Crippen molar-refractivity contribution in [3.63, 3.8) is 0 Å². The Morgan fingerprint density at radius 1 is 1.18 bits per heavy atom. The first-order valence-electron chi connectivity index (χ1n) is 6.54. The molecule has 1 atom stereocenters. The van der Waals surface area contributed by atoms with E-state index in [0.29, 0.717) is 0 Å². The fraction of sp³-hybridized carbons (Fsp3) is 0.571. The van der Waals surface area contributed by atoms with Gasteiger partial charge in [-0.1, -0.05) is 24.6 Å². The van der Waals surface area contributed by atoms with Crippen molar-refractivity contribution in [2.45, 2.75) is 30.9 Å². The van der Waals surface area contributed by atoms with E-state index in [1.807, 2.05) is 18.2 Å². The fourth-order valence-electron chi connectivity index (χ4n) is 2.97. The standard InChI is InChI=1S/C14H20N2O/c17-14(13-8-4-5-9-15-13)10-16(11-14)12-6-2-1-3-7-12/h1-3,6-7,13,15,17H,4-5,8-11H2. The van der Waals surface area contributed by atoms with Gasteiger partial charge in [0.2, 0.25) is 0 Å². The molecule has 2 fully saturated rings. The van der Waals surface area contributed by atoms with Crippen LogP contribution in [0.3, 0.4) is 0 Å². The molecule has 3 nitrogen and oxygen atoms in total. The van der Waals surface area contributed by atoms with Crippen molar-refractivity contribution in [2.24, 2.45) is 0 Å². The fourth-order valence-corrected chi connectivity index (χ4v) is 2.97. The monoisotopic (exact) mass is 232 g/mol. The van der Waals surface area contributed by atoms with Crippen LogP contribution in [0.15, 0.2) is 30.3 Å². The second-order valence-corrected chi connectivity index (χ2v) is 5.30. The van der Waals surface area contributed by atoms with Crippen molar-refractivity contribution in [1.29, 1.82) is 0 Å². The van der Waals surface area contributed by atoms with Crippen LogP contribution in [0.2, 0.25) is 0 Å². The van der Waals surface area contributed by atoms with Crippen molar-refractivity contribution >= 4 is 5.69 Å². The Morgan fingerprint density at radius 3 is 2.59 bits per heavy atom. The smallest absolute Gasteiger partial charge is 0.115 e. The van der Waals surface area contributed by atoms with Crippen molar-refractivity contribution in [2.75, 3.05) is 24.5 Å². The lowest BCUT2D eigenvalue weighted by Gasteiger charge is -2.52. The maximum absolute atomic E-state index is 10.6. The summed E-state index contributed by atoms with van der Waals surface area (Å²) in [5.74, 6) is 0. The lowest BCUT2D eigenvalue weighted by atomic mass is 9.81. The first kappa shape index (κ1) is 11.1. The number of benzene rings is 1. The largest absolute Gasteiger partial charge is 0.385 e. The Balaban J connectivity index is 1.63. The van der Waals surface area contributed by atoms with Crippen molar-refractivity contribution in [3.05, 3.63) is 30.3 Å². The van der Waals surface area contributed by atoms with Crippen molar-refractivity contribution in [1.82, 2.24) is 5.32 Å². The molecule has 2 aliphatic rings. The molecule has 0 radical (unpaired) electrons. The van der Waals surface area contributed by atoms with Gasteiger partial charge in [-0.2, -0.15) is 0 Å². The van der Waals surface area contributed by atoms with E-state index in [1.165, 1.54) is 18.5 Å². The van der Waals surface area contributed by atoms with E-state index in [2.05, 4.69) is 22.3 Å². The minimum absolute atomic E-state index is 0.288. The Kier molecular flexibility index (Phi) is 2.81. The Labute approximate surface area is 102 Å². The van der Waals surface area contributed by atoms with E-state index in [9.17, 15) is 5.11 Å². The van der Waals surface area contributed by atoms with Gasteiger partial charge >= 0.3 is 0 Å². The number of aliphatic hydroxyl groups is 1. The lowest BCUT2D eigenvalue weighted by Crippen LogP contribution is -2.71. The van der Waals surface area contributed by atoms with Gasteiger partial charge in [-0.05, 0) is 31.5 Å². The topological polar surface area (TPSA) is 35.5 Å². The Hall–Kier alpha value is -1.06. The molecule has 0 saturated carbocycles. The number of anilines is 1. The van der Waals surface area contributed by atoms with Crippen LogP contribution >= 0.6 is 0 Å². The average molecular weight is 232 g/mol. The third-order valence-electron chi connectivity index (χ3n) is 4.01. The summed E-state index contributed by atoms with van der Waals surface area (Å²) in [6.07, 6.45) is 3.60. The Morgan fingerprint density at radius 2 is 1.94 bits per heavy atom. The number of para-hydroxylation sites is 1. The van der Waals surface area contributed by atoms with Crippen LogP contribution in [-0.4, -0.2) is 36.4 Å². The van der Waals surface area contributed by atoms with Gasteiger partial charge in [0.15, 0.2) is 0 Å².